The van der Waals surface area contributed by atoms with Crippen LogP contribution < -0.4 is 14.8 Å². The summed E-state index contributed by atoms with van der Waals surface area (Å²) in [5.74, 6) is 0.621. The topological polar surface area (TPSA) is 47.6 Å². The fourth-order valence-electron chi connectivity index (χ4n) is 2.11. The zero-order valence-corrected chi connectivity index (χ0v) is 13.6. The lowest BCUT2D eigenvalue weighted by Gasteiger charge is -2.11. The van der Waals surface area contributed by atoms with Crippen LogP contribution in [0.1, 0.15) is 11.1 Å². The Kier molecular flexibility index (Phi) is 6.27. The summed E-state index contributed by atoms with van der Waals surface area (Å²) in [6.45, 7) is 0.279. The van der Waals surface area contributed by atoms with Crippen molar-refractivity contribution in [2.75, 3.05) is 20.3 Å². The predicted molar refractivity (Wildman–Crippen MR) is 86.6 cm³/mol. The molecule has 7 heteroatoms. The molecule has 25 heavy (non-hydrogen) atoms. The average molecular weight is 353 g/mol. The molecule has 0 heterocycles. The van der Waals surface area contributed by atoms with Gasteiger partial charge in [0.05, 0.1) is 25.6 Å². The zero-order valence-electron chi connectivity index (χ0n) is 13.6. The number of carbonyl (C=O) groups is 1. The molecule has 0 spiro atoms. The van der Waals surface area contributed by atoms with E-state index in [2.05, 4.69) is 5.32 Å². The molecule has 0 aliphatic rings. The van der Waals surface area contributed by atoms with Gasteiger partial charge >= 0.3 is 6.18 Å². The molecule has 2 aromatic carbocycles. The highest BCUT2D eigenvalue weighted by Gasteiger charge is 2.30. The van der Waals surface area contributed by atoms with Crippen LogP contribution in [-0.4, -0.2) is 26.2 Å². The van der Waals surface area contributed by atoms with Crippen molar-refractivity contribution in [2.45, 2.75) is 12.6 Å². The summed E-state index contributed by atoms with van der Waals surface area (Å²) in [5.41, 5.74) is 0.0608. The van der Waals surface area contributed by atoms with E-state index in [0.717, 1.165) is 17.7 Å². The lowest BCUT2D eigenvalue weighted by atomic mass is 10.1. The Morgan fingerprint density at radius 3 is 2.44 bits per heavy atom. The fraction of sp³-hybridized carbons (Fsp3) is 0.278. The smallest absolute Gasteiger partial charge is 0.416 e. The fourth-order valence-corrected chi connectivity index (χ4v) is 2.11. The first-order valence-corrected chi connectivity index (χ1v) is 7.58. The largest absolute Gasteiger partial charge is 0.497 e. The number of methoxy groups -OCH3 is 1. The first kappa shape index (κ1) is 18.6. The molecular formula is C18H18F3NO3. The maximum atomic E-state index is 12.6. The minimum absolute atomic E-state index is 0.0790. The average Bonchev–Trinajstić information content (AvgIpc) is 2.59. The lowest BCUT2D eigenvalue weighted by Crippen LogP contribution is -2.29. The van der Waals surface area contributed by atoms with Crippen molar-refractivity contribution in [1.29, 1.82) is 0 Å². The maximum Gasteiger partial charge on any atom is 0.416 e. The number of hydrogen-bond acceptors (Lipinski definition) is 3. The number of nitrogens with one attached hydrogen (secondary N) is 1. The number of halogens is 3. The van der Waals surface area contributed by atoms with Crippen LogP contribution in [0.25, 0.3) is 0 Å². The highest BCUT2D eigenvalue weighted by Crippen LogP contribution is 2.31. The molecule has 0 fully saturated rings. The second kappa shape index (κ2) is 8.41. The van der Waals surface area contributed by atoms with Gasteiger partial charge in [-0.1, -0.05) is 18.2 Å². The summed E-state index contributed by atoms with van der Waals surface area (Å²) >= 11 is 0. The van der Waals surface area contributed by atoms with Crippen molar-refractivity contribution in [3.05, 3.63) is 59.7 Å². The zero-order chi connectivity index (χ0) is 18.3. The van der Waals surface area contributed by atoms with E-state index >= 15 is 0 Å². The summed E-state index contributed by atoms with van der Waals surface area (Å²) in [7, 11) is 1.56. The Morgan fingerprint density at radius 2 is 1.80 bits per heavy atom. The maximum absolute atomic E-state index is 12.6. The molecule has 2 aromatic rings. The van der Waals surface area contributed by atoms with E-state index in [1.807, 2.05) is 0 Å². The third kappa shape index (κ3) is 6.02. The summed E-state index contributed by atoms with van der Waals surface area (Å²) in [6.07, 6.45) is -4.21. The van der Waals surface area contributed by atoms with Gasteiger partial charge in [0.15, 0.2) is 0 Å². The first-order valence-electron chi connectivity index (χ1n) is 7.58. The lowest BCUT2D eigenvalue weighted by molar-refractivity contribution is -0.137. The van der Waals surface area contributed by atoms with Gasteiger partial charge in [0.2, 0.25) is 5.91 Å². The van der Waals surface area contributed by atoms with Crippen molar-refractivity contribution in [3.63, 3.8) is 0 Å². The number of alkyl halides is 3. The Balaban J connectivity index is 1.74. The number of amides is 1. The standard InChI is InChI=1S/C18H18F3NO3/c1-24-15-7-5-13(6-8-15)11-17(23)22-9-10-25-16-4-2-3-14(12-16)18(19,20)21/h2-8,12H,9-11H2,1H3,(H,22,23). The SMILES string of the molecule is COc1ccc(CC(=O)NCCOc2cccc(C(F)(F)F)c2)cc1. The Labute approximate surface area is 143 Å². The van der Waals surface area contributed by atoms with Gasteiger partial charge in [0.1, 0.15) is 18.1 Å². The van der Waals surface area contributed by atoms with Crippen LogP contribution in [0.4, 0.5) is 13.2 Å². The second-order valence-electron chi connectivity index (χ2n) is 5.25. The van der Waals surface area contributed by atoms with Gasteiger partial charge in [-0.2, -0.15) is 13.2 Å². The van der Waals surface area contributed by atoms with Crippen LogP contribution in [0.3, 0.4) is 0 Å². The van der Waals surface area contributed by atoms with E-state index < -0.39 is 11.7 Å². The molecule has 134 valence electrons. The Bertz CT molecular complexity index is 699. The molecule has 0 radical (unpaired) electrons. The molecule has 1 N–H and O–H groups in total. The third-order valence-corrected chi connectivity index (χ3v) is 3.38. The van der Waals surface area contributed by atoms with Crippen molar-refractivity contribution in [1.82, 2.24) is 5.32 Å². The molecule has 0 unspecified atom stereocenters. The van der Waals surface area contributed by atoms with Crippen LogP contribution in [0.15, 0.2) is 48.5 Å². The second-order valence-corrected chi connectivity index (χ2v) is 5.25. The normalized spacial score (nSPS) is 11.0. The van der Waals surface area contributed by atoms with Gasteiger partial charge in [-0.15, -0.1) is 0 Å². The number of hydrogen-bond donors (Lipinski definition) is 1. The Morgan fingerprint density at radius 1 is 1.08 bits per heavy atom. The van der Waals surface area contributed by atoms with Crippen molar-refractivity contribution in [3.8, 4) is 11.5 Å². The summed E-state index contributed by atoms with van der Waals surface area (Å²) in [4.78, 5) is 11.8. The molecule has 0 aliphatic carbocycles. The highest BCUT2D eigenvalue weighted by molar-refractivity contribution is 5.78. The Hall–Kier alpha value is -2.70. The summed E-state index contributed by atoms with van der Waals surface area (Å²) in [5, 5.41) is 2.66. The third-order valence-electron chi connectivity index (χ3n) is 3.38. The van der Waals surface area contributed by atoms with Gasteiger partial charge in [-0.3, -0.25) is 4.79 Å². The molecule has 0 atom stereocenters. The molecular weight excluding hydrogens is 335 g/mol. The monoisotopic (exact) mass is 353 g/mol. The van der Waals surface area contributed by atoms with Crippen LogP contribution in [0.5, 0.6) is 11.5 Å². The van der Waals surface area contributed by atoms with Gasteiger partial charge in [-0.05, 0) is 35.9 Å². The van der Waals surface area contributed by atoms with Crippen molar-refractivity contribution < 1.29 is 27.4 Å². The quantitative estimate of drug-likeness (QED) is 0.776. The molecule has 0 saturated carbocycles. The van der Waals surface area contributed by atoms with Gasteiger partial charge < -0.3 is 14.8 Å². The molecule has 1 amide bonds. The number of carbonyl (C=O) groups excluding carboxylic acids is 1. The molecule has 0 aliphatic heterocycles. The van der Waals surface area contributed by atoms with Crippen LogP contribution in [0.2, 0.25) is 0 Å². The molecule has 4 nitrogen and oxygen atoms in total. The van der Waals surface area contributed by atoms with E-state index in [4.69, 9.17) is 9.47 Å². The van der Waals surface area contributed by atoms with Gasteiger partial charge in [0, 0.05) is 0 Å². The summed E-state index contributed by atoms with van der Waals surface area (Å²) < 4.78 is 48.1. The van der Waals surface area contributed by atoms with Gasteiger partial charge in [-0.25, -0.2) is 0 Å². The molecule has 0 aromatic heterocycles. The van der Waals surface area contributed by atoms with Crippen LogP contribution >= 0.6 is 0 Å². The number of benzene rings is 2. The minimum atomic E-state index is -4.41. The predicted octanol–water partition coefficient (Wildman–Crippen LogP) is 3.45. The van der Waals surface area contributed by atoms with E-state index in [0.29, 0.717) is 5.75 Å². The van der Waals surface area contributed by atoms with E-state index in [9.17, 15) is 18.0 Å². The van der Waals surface area contributed by atoms with E-state index in [-0.39, 0.29) is 31.2 Å². The van der Waals surface area contributed by atoms with E-state index in [1.165, 1.54) is 12.1 Å². The van der Waals surface area contributed by atoms with Crippen molar-refractivity contribution >= 4 is 5.91 Å². The van der Waals surface area contributed by atoms with Crippen LogP contribution in [0, 0.1) is 0 Å². The van der Waals surface area contributed by atoms with Crippen molar-refractivity contribution in [2.24, 2.45) is 0 Å². The first-order chi connectivity index (χ1) is 11.9. The highest BCUT2D eigenvalue weighted by atomic mass is 19.4. The molecule has 0 saturated heterocycles. The summed E-state index contributed by atoms with van der Waals surface area (Å²) in [6, 6.07) is 11.7. The molecule has 0 bridgehead atoms. The minimum Gasteiger partial charge on any atom is -0.497 e. The van der Waals surface area contributed by atoms with Crippen LogP contribution in [-0.2, 0) is 17.4 Å². The van der Waals surface area contributed by atoms with Gasteiger partial charge in [0.25, 0.3) is 0 Å². The van der Waals surface area contributed by atoms with E-state index in [1.54, 1.807) is 31.4 Å². The number of rotatable bonds is 7. The molecule has 2 rings (SSSR count). The number of ether oxygens (including phenoxy) is 2.